The molecule has 0 saturated carbocycles. The molecule has 1 unspecified atom stereocenters. The van der Waals surface area contributed by atoms with Crippen LogP contribution < -0.4 is 10.6 Å². The van der Waals surface area contributed by atoms with Gasteiger partial charge >= 0.3 is 0 Å². The Balaban J connectivity index is 2.65. The third-order valence-electron chi connectivity index (χ3n) is 2.03. The van der Waals surface area contributed by atoms with Crippen molar-refractivity contribution in [2.75, 3.05) is 23.8 Å². The van der Waals surface area contributed by atoms with E-state index in [9.17, 15) is 9.18 Å². The molecule has 0 aromatic heterocycles. The van der Waals surface area contributed by atoms with Gasteiger partial charge in [0.1, 0.15) is 5.82 Å². The maximum atomic E-state index is 13.5. The molecular weight excluding hydrogens is 227 g/mol. The predicted octanol–water partition coefficient (Wildman–Crippen LogP) is 0.549. The summed E-state index contributed by atoms with van der Waals surface area (Å²) in [5.41, 5.74) is 0.565. The van der Waals surface area contributed by atoms with E-state index in [1.165, 1.54) is 19.1 Å². The van der Waals surface area contributed by atoms with E-state index in [4.69, 9.17) is 10.2 Å². The molecular formula is C11H15FN2O3. The molecule has 0 aliphatic carbocycles. The number of hydrogen-bond donors (Lipinski definition) is 4. The fraction of sp³-hybridized carbons (Fsp3) is 0.364. The molecule has 0 saturated heterocycles. The molecule has 0 heterocycles. The molecule has 1 rings (SSSR count). The lowest BCUT2D eigenvalue weighted by molar-refractivity contribution is -0.114. The standard InChI is InChI=1S/C11H15FN2O3/c1-7(16)14-11-3-2-8(4-10(11)12)13-5-9(17)6-15/h2-4,9,13,15,17H,5-6H2,1H3,(H,14,16). The lowest BCUT2D eigenvalue weighted by atomic mass is 10.2. The number of amides is 1. The fourth-order valence-electron chi connectivity index (χ4n) is 1.22. The van der Waals surface area contributed by atoms with Crippen LogP contribution in [0.5, 0.6) is 0 Å². The van der Waals surface area contributed by atoms with Crippen LogP contribution in [-0.4, -0.2) is 35.4 Å². The Labute approximate surface area is 98.3 Å². The number of carbonyl (C=O) groups is 1. The van der Waals surface area contributed by atoms with E-state index in [-0.39, 0.29) is 24.7 Å². The molecule has 0 spiro atoms. The lowest BCUT2D eigenvalue weighted by Gasteiger charge is -2.11. The Kier molecular flexibility index (Phi) is 4.86. The van der Waals surface area contributed by atoms with Crippen molar-refractivity contribution in [3.63, 3.8) is 0 Å². The van der Waals surface area contributed by atoms with Gasteiger partial charge in [0.2, 0.25) is 5.91 Å². The van der Waals surface area contributed by atoms with Crippen molar-refractivity contribution in [3.05, 3.63) is 24.0 Å². The van der Waals surface area contributed by atoms with Crippen LogP contribution >= 0.6 is 0 Å². The smallest absolute Gasteiger partial charge is 0.221 e. The maximum absolute atomic E-state index is 13.5. The van der Waals surface area contributed by atoms with Crippen molar-refractivity contribution in [1.29, 1.82) is 0 Å². The number of benzene rings is 1. The number of hydrogen-bond acceptors (Lipinski definition) is 4. The first-order valence-corrected chi connectivity index (χ1v) is 5.13. The molecule has 6 heteroatoms. The van der Waals surface area contributed by atoms with Crippen molar-refractivity contribution in [3.8, 4) is 0 Å². The van der Waals surface area contributed by atoms with E-state index in [0.29, 0.717) is 5.69 Å². The normalized spacial score (nSPS) is 12.0. The van der Waals surface area contributed by atoms with Gasteiger partial charge in [0.15, 0.2) is 0 Å². The summed E-state index contributed by atoms with van der Waals surface area (Å²) < 4.78 is 13.5. The summed E-state index contributed by atoms with van der Waals surface area (Å²) in [4.78, 5) is 10.7. The largest absolute Gasteiger partial charge is 0.394 e. The summed E-state index contributed by atoms with van der Waals surface area (Å²) in [6.45, 7) is 1.05. The van der Waals surface area contributed by atoms with E-state index >= 15 is 0 Å². The zero-order valence-corrected chi connectivity index (χ0v) is 9.40. The van der Waals surface area contributed by atoms with Crippen LogP contribution in [0.1, 0.15) is 6.92 Å². The van der Waals surface area contributed by atoms with Crippen LogP contribution in [0.15, 0.2) is 18.2 Å². The second kappa shape index (κ2) is 6.17. The summed E-state index contributed by atoms with van der Waals surface area (Å²) >= 11 is 0. The van der Waals surface area contributed by atoms with Crippen LogP contribution in [0, 0.1) is 5.82 Å². The molecule has 0 bridgehead atoms. The van der Waals surface area contributed by atoms with Crippen molar-refractivity contribution in [2.24, 2.45) is 0 Å². The third kappa shape index (κ3) is 4.38. The number of aliphatic hydroxyl groups excluding tert-OH is 2. The van der Waals surface area contributed by atoms with E-state index in [0.717, 1.165) is 0 Å². The van der Waals surface area contributed by atoms with Gasteiger partial charge in [-0.05, 0) is 18.2 Å². The number of nitrogens with one attached hydrogen (secondary N) is 2. The van der Waals surface area contributed by atoms with Gasteiger partial charge in [0, 0.05) is 19.2 Å². The molecule has 0 aliphatic heterocycles. The van der Waals surface area contributed by atoms with Crippen molar-refractivity contribution in [1.82, 2.24) is 0 Å². The van der Waals surface area contributed by atoms with Crippen LogP contribution in [0.2, 0.25) is 0 Å². The number of carbonyl (C=O) groups excluding carboxylic acids is 1. The first-order valence-electron chi connectivity index (χ1n) is 5.13. The summed E-state index contributed by atoms with van der Waals surface area (Å²) in [5, 5.41) is 22.8. The van der Waals surface area contributed by atoms with Crippen LogP contribution in [0.4, 0.5) is 15.8 Å². The van der Waals surface area contributed by atoms with Gasteiger partial charge in [0.25, 0.3) is 0 Å². The Morgan fingerprint density at radius 3 is 2.76 bits per heavy atom. The molecule has 0 radical (unpaired) electrons. The van der Waals surface area contributed by atoms with Gasteiger partial charge in [-0.15, -0.1) is 0 Å². The van der Waals surface area contributed by atoms with Gasteiger partial charge in [-0.2, -0.15) is 0 Å². The SMILES string of the molecule is CC(=O)Nc1ccc(NCC(O)CO)cc1F. The number of rotatable bonds is 5. The second-order valence-electron chi connectivity index (χ2n) is 3.59. The van der Waals surface area contributed by atoms with E-state index in [1.807, 2.05) is 0 Å². The van der Waals surface area contributed by atoms with E-state index < -0.39 is 11.9 Å². The second-order valence-corrected chi connectivity index (χ2v) is 3.59. The fourth-order valence-corrected chi connectivity index (χ4v) is 1.22. The Morgan fingerprint density at radius 2 is 2.24 bits per heavy atom. The molecule has 1 atom stereocenters. The number of aliphatic hydroxyl groups is 2. The maximum Gasteiger partial charge on any atom is 0.221 e. The summed E-state index contributed by atoms with van der Waals surface area (Å²) in [7, 11) is 0. The lowest BCUT2D eigenvalue weighted by Crippen LogP contribution is -2.23. The van der Waals surface area contributed by atoms with Crippen molar-refractivity contribution < 1.29 is 19.4 Å². The molecule has 5 nitrogen and oxygen atoms in total. The van der Waals surface area contributed by atoms with Crippen LogP contribution in [0.3, 0.4) is 0 Å². The molecule has 4 N–H and O–H groups in total. The number of halogens is 1. The first kappa shape index (κ1) is 13.4. The zero-order valence-electron chi connectivity index (χ0n) is 9.40. The molecule has 0 aliphatic rings. The van der Waals surface area contributed by atoms with Crippen LogP contribution in [0.25, 0.3) is 0 Å². The molecule has 17 heavy (non-hydrogen) atoms. The highest BCUT2D eigenvalue weighted by atomic mass is 19.1. The zero-order chi connectivity index (χ0) is 12.8. The van der Waals surface area contributed by atoms with E-state index in [2.05, 4.69) is 10.6 Å². The van der Waals surface area contributed by atoms with Crippen molar-refractivity contribution >= 4 is 17.3 Å². The van der Waals surface area contributed by atoms with Gasteiger partial charge in [-0.3, -0.25) is 4.79 Å². The highest BCUT2D eigenvalue weighted by Gasteiger charge is 2.06. The average molecular weight is 242 g/mol. The highest BCUT2D eigenvalue weighted by Crippen LogP contribution is 2.18. The Morgan fingerprint density at radius 1 is 1.53 bits per heavy atom. The summed E-state index contributed by atoms with van der Waals surface area (Å²) in [6.07, 6.45) is -0.895. The average Bonchev–Trinajstić information content (AvgIpc) is 2.28. The van der Waals surface area contributed by atoms with Gasteiger partial charge in [-0.1, -0.05) is 0 Å². The quantitative estimate of drug-likeness (QED) is 0.607. The molecule has 94 valence electrons. The number of anilines is 2. The summed E-state index contributed by atoms with van der Waals surface area (Å²) in [5.74, 6) is -0.913. The van der Waals surface area contributed by atoms with Gasteiger partial charge in [0.05, 0.1) is 18.4 Å². The minimum absolute atomic E-state index is 0.103. The van der Waals surface area contributed by atoms with Crippen LogP contribution in [-0.2, 0) is 4.79 Å². The molecule has 1 amide bonds. The minimum atomic E-state index is -0.895. The summed E-state index contributed by atoms with van der Waals surface area (Å²) in [6, 6.07) is 4.19. The van der Waals surface area contributed by atoms with Crippen molar-refractivity contribution in [2.45, 2.75) is 13.0 Å². The highest BCUT2D eigenvalue weighted by molar-refractivity contribution is 5.89. The topological polar surface area (TPSA) is 81.6 Å². The first-order chi connectivity index (χ1) is 8.02. The minimum Gasteiger partial charge on any atom is -0.394 e. The van der Waals surface area contributed by atoms with E-state index in [1.54, 1.807) is 6.07 Å². The predicted molar refractivity (Wildman–Crippen MR) is 62.3 cm³/mol. The van der Waals surface area contributed by atoms with Gasteiger partial charge < -0.3 is 20.8 Å². The molecule has 0 fully saturated rings. The van der Waals surface area contributed by atoms with Gasteiger partial charge in [-0.25, -0.2) is 4.39 Å². The Bertz CT molecular complexity index is 398. The monoisotopic (exact) mass is 242 g/mol. The molecule has 1 aromatic carbocycles. The Hall–Kier alpha value is -1.66. The third-order valence-corrected chi connectivity index (χ3v) is 2.03. The molecule has 1 aromatic rings.